The lowest BCUT2D eigenvalue weighted by Gasteiger charge is -2.32. The number of hydrogen-bond donors (Lipinski definition) is 4. The fourth-order valence-electron chi connectivity index (χ4n) is 4.00. The summed E-state index contributed by atoms with van der Waals surface area (Å²) in [5.41, 5.74) is 5.98. The Hall–Kier alpha value is -2.16. The van der Waals surface area contributed by atoms with Crippen LogP contribution in [-0.2, 0) is 19.2 Å². The zero-order valence-corrected chi connectivity index (χ0v) is 20.4. The van der Waals surface area contributed by atoms with E-state index in [9.17, 15) is 24.3 Å². The van der Waals surface area contributed by atoms with Crippen molar-refractivity contribution in [3.63, 3.8) is 0 Å². The Morgan fingerprint density at radius 3 is 2.09 bits per heavy atom. The predicted molar refractivity (Wildman–Crippen MR) is 123 cm³/mol. The van der Waals surface area contributed by atoms with Gasteiger partial charge in [0.25, 0.3) is 0 Å². The molecule has 0 aromatic rings. The normalized spacial score (nSPS) is 20.0. The van der Waals surface area contributed by atoms with E-state index >= 15 is 0 Å². The van der Waals surface area contributed by atoms with Crippen LogP contribution in [0.1, 0.15) is 73.6 Å². The number of amides is 3. The second-order valence-electron chi connectivity index (χ2n) is 9.83. The molecular formula is C23H42N4O5. The van der Waals surface area contributed by atoms with Crippen LogP contribution in [0.3, 0.4) is 0 Å². The van der Waals surface area contributed by atoms with Crippen LogP contribution in [0.25, 0.3) is 0 Å². The maximum Gasteiger partial charge on any atom is 0.326 e. The number of carbonyl (C=O) groups is 4. The summed E-state index contributed by atoms with van der Waals surface area (Å²) in [6.45, 7) is 11.9. The molecule has 0 radical (unpaired) electrons. The average Bonchev–Trinajstić information content (AvgIpc) is 3.19. The van der Waals surface area contributed by atoms with E-state index in [1.54, 1.807) is 0 Å². The van der Waals surface area contributed by atoms with Crippen molar-refractivity contribution in [1.82, 2.24) is 15.5 Å². The van der Waals surface area contributed by atoms with Crippen molar-refractivity contribution < 1.29 is 24.3 Å². The fourth-order valence-corrected chi connectivity index (χ4v) is 4.00. The van der Waals surface area contributed by atoms with Crippen LogP contribution in [0.4, 0.5) is 0 Å². The van der Waals surface area contributed by atoms with Gasteiger partial charge in [-0.05, 0) is 43.4 Å². The van der Waals surface area contributed by atoms with Gasteiger partial charge in [0, 0.05) is 6.54 Å². The highest BCUT2D eigenvalue weighted by atomic mass is 16.4. The summed E-state index contributed by atoms with van der Waals surface area (Å²) < 4.78 is 0. The van der Waals surface area contributed by atoms with Crippen LogP contribution in [-0.4, -0.2) is 64.4 Å². The fraction of sp³-hybridized carbons (Fsp3) is 0.826. The summed E-state index contributed by atoms with van der Waals surface area (Å²) >= 11 is 0. The standard InChI is InChI=1S/C23H42N4O5/c1-7-15(6)19(22(30)27-10-8-9-18(27)23(31)32)26-21(29)17(12-14(4)5)25-20(28)16(24)11-13(2)3/h13-19H,7-12,24H2,1-6H3,(H,25,28)(H,26,29)(H,31,32). The van der Waals surface area contributed by atoms with E-state index < -0.39 is 42.0 Å². The lowest BCUT2D eigenvalue weighted by Crippen LogP contribution is -2.59. The third-order valence-electron chi connectivity index (χ3n) is 6.00. The molecule has 1 saturated heterocycles. The van der Waals surface area contributed by atoms with Crippen molar-refractivity contribution in [2.45, 2.75) is 97.8 Å². The molecule has 1 heterocycles. The molecule has 0 spiro atoms. The molecule has 0 aromatic carbocycles. The number of likely N-dealkylation sites (tertiary alicyclic amines) is 1. The Morgan fingerprint density at radius 1 is 1.00 bits per heavy atom. The number of nitrogens with two attached hydrogens (primary N) is 1. The van der Waals surface area contributed by atoms with Crippen molar-refractivity contribution >= 4 is 23.7 Å². The van der Waals surface area contributed by atoms with Gasteiger partial charge in [0.2, 0.25) is 17.7 Å². The molecule has 0 aliphatic carbocycles. The molecular weight excluding hydrogens is 412 g/mol. The van der Waals surface area contributed by atoms with Gasteiger partial charge in [0.1, 0.15) is 18.1 Å². The minimum Gasteiger partial charge on any atom is -0.480 e. The molecule has 1 aliphatic heterocycles. The maximum atomic E-state index is 13.2. The highest BCUT2D eigenvalue weighted by Crippen LogP contribution is 2.21. The maximum absolute atomic E-state index is 13.2. The second kappa shape index (κ2) is 12.8. The largest absolute Gasteiger partial charge is 0.480 e. The topological polar surface area (TPSA) is 142 Å². The van der Waals surface area contributed by atoms with Gasteiger partial charge >= 0.3 is 5.97 Å². The minimum atomic E-state index is -1.03. The van der Waals surface area contributed by atoms with Crippen LogP contribution in [0, 0.1) is 17.8 Å². The lowest BCUT2D eigenvalue weighted by molar-refractivity contribution is -0.150. The molecule has 0 saturated carbocycles. The second-order valence-corrected chi connectivity index (χ2v) is 9.83. The van der Waals surface area contributed by atoms with Gasteiger partial charge in [-0.1, -0.05) is 48.0 Å². The van der Waals surface area contributed by atoms with Crippen LogP contribution >= 0.6 is 0 Å². The van der Waals surface area contributed by atoms with E-state index in [2.05, 4.69) is 10.6 Å². The van der Waals surface area contributed by atoms with Crippen molar-refractivity contribution in [2.24, 2.45) is 23.5 Å². The number of nitrogens with one attached hydrogen (secondary N) is 2. The first-order chi connectivity index (χ1) is 14.9. The Morgan fingerprint density at radius 2 is 1.59 bits per heavy atom. The quantitative estimate of drug-likeness (QED) is 0.352. The number of carbonyl (C=O) groups excluding carboxylic acids is 3. The van der Waals surface area contributed by atoms with Gasteiger partial charge in [-0.25, -0.2) is 4.79 Å². The Balaban J connectivity index is 3.01. The summed E-state index contributed by atoms with van der Waals surface area (Å²) in [7, 11) is 0. The van der Waals surface area contributed by atoms with Crippen molar-refractivity contribution in [3.8, 4) is 0 Å². The first-order valence-corrected chi connectivity index (χ1v) is 11.8. The molecule has 9 heteroatoms. The highest BCUT2D eigenvalue weighted by molar-refractivity contribution is 5.94. The number of rotatable bonds is 12. The zero-order chi connectivity index (χ0) is 24.6. The van der Waals surface area contributed by atoms with Crippen LogP contribution in [0.5, 0.6) is 0 Å². The third-order valence-corrected chi connectivity index (χ3v) is 6.00. The molecule has 32 heavy (non-hydrogen) atoms. The summed E-state index contributed by atoms with van der Waals surface area (Å²) in [6.07, 6.45) is 2.55. The summed E-state index contributed by atoms with van der Waals surface area (Å²) in [5, 5.41) is 15.0. The first kappa shape index (κ1) is 27.9. The average molecular weight is 455 g/mol. The lowest BCUT2D eigenvalue weighted by atomic mass is 9.95. The van der Waals surface area contributed by atoms with E-state index in [-0.39, 0.29) is 23.7 Å². The van der Waals surface area contributed by atoms with Gasteiger partial charge in [-0.2, -0.15) is 0 Å². The Labute approximate surface area is 191 Å². The first-order valence-electron chi connectivity index (χ1n) is 11.8. The van der Waals surface area contributed by atoms with Crippen LogP contribution < -0.4 is 16.4 Å². The number of carboxylic acids is 1. The smallest absolute Gasteiger partial charge is 0.326 e. The summed E-state index contributed by atoms with van der Waals surface area (Å²) in [5.74, 6) is -2.09. The molecule has 0 aromatic heterocycles. The number of nitrogens with zero attached hydrogens (tertiary/aromatic N) is 1. The molecule has 0 bridgehead atoms. The predicted octanol–water partition coefficient (Wildman–Crippen LogP) is 1.50. The van der Waals surface area contributed by atoms with E-state index in [0.717, 1.165) is 0 Å². The summed E-state index contributed by atoms with van der Waals surface area (Å²) in [6, 6.07) is -3.27. The molecule has 1 rings (SSSR count). The summed E-state index contributed by atoms with van der Waals surface area (Å²) in [4.78, 5) is 51.9. The third kappa shape index (κ3) is 8.07. The highest BCUT2D eigenvalue weighted by Gasteiger charge is 2.40. The molecule has 184 valence electrons. The van der Waals surface area contributed by atoms with Crippen LogP contribution in [0.15, 0.2) is 0 Å². The molecule has 9 nitrogen and oxygen atoms in total. The number of carboxylic acid groups (broad SMARTS) is 1. The SMILES string of the molecule is CCC(C)C(NC(=O)C(CC(C)C)NC(=O)C(N)CC(C)C)C(=O)N1CCCC1C(=O)O. The van der Waals surface area contributed by atoms with E-state index in [1.807, 2.05) is 41.5 Å². The van der Waals surface area contributed by atoms with Gasteiger partial charge in [0.05, 0.1) is 6.04 Å². The van der Waals surface area contributed by atoms with Gasteiger partial charge in [0.15, 0.2) is 0 Å². The molecule has 3 amide bonds. The van der Waals surface area contributed by atoms with E-state index in [4.69, 9.17) is 5.73 Å². The molecule has 1 aliphatic rings. The van der Waals surface area contributed by atoms with Crippen molar-refractivity contribution in [3.05, 3.63) is 0 Å². The molecule has 5 N–H and O–H groups in total. The van der Waals surface area contributed by atoms with E-state index in [1.165, 1.54) is 4.90 Å². The van der Waals surface area contributed by atoms with Crippen molar-refractivity contribution in [1.29, 1.82) is 0 Å². The number of aliphatic carboxylic acids is 1. The Bertz CT molecular complexity index is 667. The van der Waals surface area contributed by atoms with E-state index in [0.29, 0.717) is 38.6 Å². The van der Waals surface area contributed by atoms with Crippen LogP contribution in [0.2, 0.25) is 0 Å². The minimum absolute atomic E-state index is 0.125. The molecule has 5 unspecified atom stereocenters. The number of hydrogen-bond acceptors (Lipinski definition) is 5. The van der Waals surface area contributed by atoms with Gasteiger partial charge in [-0.15, -0.1) is 0 Å². The van der Waals surface area contributed by atoms with Gasteiger partial charge in [-0.3, -0.25) is 14.4 Å². The molecule has 1 fully saturated rings. The van der Waals surface area contributed by atoms with Crippen molar-refractivity contribution in [2.75, 3.05) is 6.54 Å². The van der Waals surface area contributed by atoms with Gasteiger partial charge < -0.3 is 26.4 Å². The zero-order valence-electron chi connectivity index (χ0n) is 20.4. The Kier molecular flexibility index (Phi) is 11.1. The monoisotopic (exact) mass is 454 g/mol. The molecule has 5 atom stereocenters.